The van der Waals surface area contributed by atoms with E-state index in [4.69, 9.17) is 0 Å². The van der Waals surface area contributed by atoms with E-state index < -0.39 is 0 Å². The maximum atomic E-state index is 13.5. The molecule has 0 aliphatic rings. The van der Waals surface area contributed by atoms with Crippen molar-refractivity contribution in [1.82, 2.24) is 10.6 Å². The molecule has 0 bridgehead atoms. The molecule has 1 aromatic carbocycles. The smallest absolute Gasteiger partial charge is 0.191 e. The molecule has 0 saturated carbocycles. The summed E-state index contributed by atoms with van der Waals surface area (Å²) in [6.45, 7) is 1.35. The third-order valence-corrected chi connectivity index (χ3v) is 4.62. The van der Waals surface area contributed by atoms with Crippen molar-refractivity contribution in [1.29, 1.82) is 0 Å². The Morgan fingerprint density at radius 2 is 2.14 bits per heavy atom. The van der Waals surface area contributed by atoms with E-state index in [9.17, 15) is 4.39 Å². The number of benzene rings is 1. The molecule has 0 fully saturated rings. The normalized spacial score (nSPS) is 11.5. The molecule has 21 heavy (non-hydrogen) atoms. The van der Waals surface area contributed by atoms with Crippen LogP contribution in [0, 0.1) is 5.82 Å². The lowest BCUT2D eigenvalue weighted by molar-refractivity contribution is 0.607. The second-order valence-corrected chi connectivity index (χ2v) is 6.34. The van der Waals surface area contributed by atoms with Crippen molar-refractivity contribution in [3.05, 3.63) is 56.4 Å². The van der Waals surface area contributed by atoms with Gasteiger partial charge < -0.3 is 10.6 Å². The number of thiophene rings is 1. The summed E-state index contributed by atoms with van der Waals surface area (Å²) in [4.78, 5) is 5.38. The molecule has 3 nitrogen and oxygen atoms in total. The first-order valence-corrected chi connectivity index (χ1v) is 8.27. The lowest BCUT2D eigenvalue weighted by Crippen LogP contribution is -2.37. The molecule has 0 aliphatic heterocycles. The SMILES string of the molecule is CN=C(NCCc1ccccc1F)NCc1cc(Br)cs1. The zero-order valence-corrected chi connectivity index (χ0v) is 14.1. The van der Waals surface area contributed by atoms with Gasteiger partial charge in [-0.05, 0) is 40.0 Å². The maximum Gasteiger partial charge on any atom is 0.191 e. The molecule has 2 aromatic rings. The number of nitrogens with one attached hydrogen (secondary N) is 2. The molecule has 1 aromatic heterocycles. The number of aliphatic imine (C=N–C) groups is 1. The van der Waals surface area contributed by atoms with Crippen LogP contribution >= 0.6 is 27.3 Å². The van der Waals surface area contributed by atoms with E-state index in [2.05, 4.69) is 37.6 Å². The molecule has 0 radical (unpaired) electrons. The van der Waals surface area contributed by atoms with E-state index in [1.165, 1.54) is 10.9 Å². The highest BCUT2D eigenvalue weighted by atomic mass is 79.9. The van der Waals surface area contributed by atoms with Crippen LogP contribution < -0.4 is 10.6 Å². The average Bonchev–Trinajstić information content (AvgIpc) is 2.90. The first kappa shape index (κ1) is 16.0. The van der Waals surface area contributed by atoms with Crippen LogP contribution in [0.1, 0.15) is 10.4 Å². The van der Waals surface area contributed by atoms with E-state index in [1.807, 2.05) is 11.4 Å². The molecule has 0 spiro atoms. The Morgan fingerprint density at radius 1 is 1.33 bits per heavy atom. The van der Waals surface area contributed by atoms with Gasteiger partial charge in [-0.1, -0.05) is 18.2 Å². The van der Waals surface area contributed by atoms with E-state index in [0.717, 1.165) is 17.0 Å². The van der Waals surface area contributed by atoms with Gasteiger partial charge >= 0.3 is 0 Å². The van der Waals surface area contributed by atoms with Crippen LogP contribution in [-0.2, 0) is 13.0 Å². The highest BCUT2D eigenvalue weighted by Crippen LogP contribution is 2.19. The van der Waals surface area contributed by atoms with Crippen LogP contribution in [0.5, 0.6) is 0 Å². The number of hydrogen-bond donors (Lipinski definition) is 2. The van der Waals surface area contributed by atoms with Gasteiger partial charge in [-0.25, -0.2) is 4.39 Å². The Kier molecular flexibility index (Phi) is 6.20. The Bertz CT molecular complexity index is 612. The molecule has 2 N–H and O–H groups in total. The van der Waals surface area contributed by atoms with Crippen molar-refractivity contribution in [2.75, 3.05) is 13.6 Å². The van der Waals surface area contributed by atoms with Crippen LogP contribution in [0.2, 0.25) is 0 Å². The van der Waals surface area contributed by atoms with Crippen molar-refractivity contribution in [2.24, 2.45) is 4.99 Å². The van der Waals surface area contributed by atoms with Crippen molar-refractivity contribution < 1.29 is 4.39 Å². The van der Waals surface area contributed by atoms with Crippen LogP contribution in [0.3, 0.4) is 0 Å². The first-order chi connectivity index (χ1) is 10.2. The second kappa shape index (κ2) is 8.14. The summed E-state index contributed by atoms with van der Waals surface area (Å²) in [7, 11) is 1.72. The van der Waals surface area contributed by atoms with Gasteiger partial charge in [-0.3, -0.25) is 4.99 Å². The molecule has 0 saturated heterocycles. The summed E-state index contributed by atoms with van der Waals surface area (Å²) in [6, 6.07) is 8.91. The number of guanidine groups is 1. The Hall–Kier alpha value is -1.40. The average molecular weight is 370 g/mol. The van der Waals surface area contributed by atoms with Gasteiger partial charge in [0.15, 0.2) is 5.96 Å². The van der Waals surface area contributed by atoms with Crippen LogP contribution in [-0.4, -0.2) is 19.6 Å². The second-order valence-electron chi connectivity index (χ2n) is 4.43. The minimum absolute atomic E-state index is 0.161. The predicted octanol–water partition coefficient (Wildman–Crippen LogP) is 3.56. The van der Waals surface area contributed by atoms with Gasteiger partial charge in [-0.15, -0.1) is 11.3 Å². The van der Waals surface area contributed by atoms with Gasteiger partial charge in [-0.2, -0.15) is 0 Å². The first-order valence-electron chi connectivity index (χ1n) is 6.60. The molecule has 0 aliphatic carbocycles. The van der Waals surface area contributed by atoms with Gasteiger partial charge in [0.2, 0.25) is 0 Å². The van der Waals surface area contributed by atoms with Gasteiger partial charge in [0.05, 0.1) is 6.54 Å². The highest BCUT2D eigenvalue weighted by Gasteiger charge is 2.03. The Labute approximate surface area is 136 Å². The summed E-state index contributed by atoms with van der Waals surface area (Å²) in [5, 5.41) is 8.47. The van der Waals surface area contributed by atoms with E-state index >= 15 is 0 Å². The minimum Gasteiger partial charge on any atom is -0.356 e. The zero-order valence-electron chi connectivity index (χ0n) is 11.7. The standard InChI is InChI=1S/C15H17BrFN3S/c1-18-15(20-9-13-8-12(16)10-21-13)19-7-6-11-4-2-3-5-14(11)17/h2-5,8,10H,6-7,9H2,1H3,(H2,18,19,20). The van der Waals surface area contributed by atoms with Crippen molar-refractivity contribution in [2.45, 2.75) is 13.0 Å². The molecule has 0 atom stereocenters. The van der Waals surface area contributed by atoms with Gasteiger partial charge in [0, 0.05) is 28.3 Å². The quantitative estimate of drug-likeness (QED) is 0.624. The Balaban J connectivity index is 1.77. The fourth-order valence-electron chi connectivity index (χ4n) is 1.85. The fraction of sp³-hybridized carbons (Fsp3) is 0.267. The fourth-order valence-corrected chi connectivity index (χ4v) is 3.25. The summed E-state index contributed by atoms with van der Waals surface area (Å²) < 4.78 is 14.6. The van der Waals surface area contributed by atoms with Crippen LogP contribution in [0.25, 0.3) is 0 Å². The highest BCUT2D eigenvalue weighted by molar-refractivity contribution is 9.10. The number of hydrogen-bond acceptors (Lipinski definition) is 2. The molecule has 0 amide bonds. The maximum absolute atomic E-state index is 13.5. The molecule has 1 heterocycles. The van der Waals surface area contributed by atoms with Crippen LogP contribution in [0.15, 0.2) is 45.2 Å². The van der Waals surface area contributed by atoms with E-state index in [1.54, 1.807) is 30.5 Å². The molecular weight excluding hydrogens is 353 g/mol. The summed E-state index contributed by atoms with van der Waals surface area (Å²) in [6.07, 6.45) is 0.623. The van der Waals surface area contributed by atoms with Crippen LogP contribution in [0.4, 0.5) is 4.39 Å². The molecule has 112 valence electrons. The topological polar surface area (TPSA) is 36.4 Å². The lowest BCUT2D eigenvalue weighted by Gasteiger charge is -2.11. The number of rotatable bonds is 5. The van der Waals surface area contributed by atoms with E-state index in [0.29, 0.717) is 18.5 Å². The zero-order chi connectivity index (χ0) is 15.1. The summed E-state index contributed by atoms with van der Waals surface area (Å²) >= 11 is 5.12. The monoisotopic (exact) mass is 369 g/mol. The summed E-state index contributed by atoms with van der Waals surface area (Å²) in [5.74, 6) is 0.557. The third kappa shape index (κ3) is 5.13. The largest absolute Gasteiger partial charge is 0.356 e. The molecule has 6 heteroatoms. The van der Waals surface area contributed by atoms with E-state index in [-0.39, 0.29) is 5.82 Å². The van der Waals surface area contributed by atoms with Crippen molar-refractivity contribution in [3.8, 4) is 0 Å². The van der Waals surface area contributed by atoms with Gasteiger partial charge in [0.1, 0.15) is 5.82 Å². The Morgan fingerprint density at radius 3 is 2.81 bits per heavy atom. The molecule has 0 unspecified atom stereocenters. The molecule has 2 rings (SSSR count). The molecular formula is C15H17BrFN3S. The van der Waals surface area contributed by atoms with Crippen molar-refractivity contribution in [3.63, 3.8) is 0 Å². The summed E-state index contributed by atoms with van der Waals surface area (Å²) in [5.41, 5.74) is 0.711. The van der Waals surface area contributed by atoms with Gasteiger partial charge in [0.25, 0.3) is 0 Å². The predicted molar refractivity (Wildman–Crippen MR) is 90.3 cm³/mol. The number of nitrogens with zero attached hydrogens (tertiary/aromatic N) is 1. The minimum atomic E-state index is -0.161. The lowest BCUT2D eigenvalue weighted by atomic mass is 10.1. The third-order valence-electron chi connectivity index (χ3n) is 2.92. The van der Waals surface area contributed by atoms with Crippen molar-refractivity contribution >= 4 is 33.2 Å². The number of halogens is 2.